The third-order valence-corrected chi connectivity index (χ3v) is 8.70. The molecule has 0 saturated carbocycles. The van der Waals surface area contributed by atoms with Crippen molar-refractivity contribution in [3.8, 4) is 0 Å². The highest BCUT2D eigenvalue weighted by Crippen LogP contribution is 2.33. The van der Waals surface area contributed by atoms with E-state index in [4.69, 9.17) is 14.2 Å². The monoisotopic (exact) mass is 615 g/mol. The average molecular weight is 616 g/mol. The van der Waals surface area contributed by atoms with Crippen molar-refractivity contribution in [2.45, 2.75) is 75.1 Å². The molecule has 0 spiro atoms. The van der Waals surface area contributed by atoms with Crippen LogP contribution in [0.25, 0.3) is 0 Å². The molecule has 0 aromatic carbocycles. The molecule has 12 nitrogen and oxygen atoms in total. The summed E-state index contributed by atoms with van der Waals surface area (Å²) in [6, 6.07) is 0.355. The molecule has 0 aromatic heterocycles. The Kier molecular flexibility index (Phi) is 20.5. The molecule has 0 radical (unpaired) electrons. The molecule has 0 bridgehead atoms. The first kappa shape index (κ1) is 36.4. The number of likely N-dealkylation sites (N-methyl/N-ethyl adjacent to an activating group) is 1. The lowest BCUT2D eigenvalue weighted by molar-refractivity contribution is -0.133. The number of amides is 3. The molecule has 0 aliphatic carbocycles. The Labute approximate surface area is 255 Å². The van der Waals surface area contributed by atoms with Gasteiger partial charge in [-0.2, -0.15) is 11.8 Å². The van der Waals surface area contributed by atoms with Crippen molar-refractivity contribution < 1.29 is 33.4 Å². The van der Waals surface area contributed by atoms with Crippen molar-refractivity contribution >= 4 is 35.8 Å². The van der Waals surface area contributed by atoms with Gasteiger partial charge in [0.1, 0.15) is 6.29 Å². The minimum absolute atomic E-state index is 0.00259. The fourth-order valence-corrected chi connectivity index (χ4v) is 6.37. The Morgan fingerprint density at radius 1 is 0.905 bits per heavy atom. The predicted octanol–water partition coefficient (Wildman–Crippen LogP) is 1.12. The van der Waals surface area contributed by atoms with E-state index in [0.29, 0.717) is 57.7 Å². The number of Topliss-reactive ketones (excluding diaryl/α,β-unsaturated/α-hetero) is 1. The number of urea groups is 1. The number of rotatable bonds is 28. The quantitative estimate of drug-likeness (QED) is 0.0574. The Bertz CT molecular complexity index is 779. The van der Waals surface area contributed by atoms with E-state index in [1.165, 1.54) is 4.90 Å². The summed E-state index contributed by atoms with van der Waals surface area (Å²) < 4.78 is 16.6. The van der Waals surface area contributed by atoms with Crippen molar-refractivity contribution in [3.05, 3.63) is 0 Å². The largest absolute Gasteiger partial charge is 0.379 e. The molecule has 3 atom stereocenters. The van der Waals surface area contributed by atoms with Gasteiger partial charge in [0.05, 0.1) is 51.6 Å². The summed E-state index contributed by atoms with van der Waals surface area (Å²) in [4.78, 5) is 47.8. The van der Waals surface area contributed by atoms with Crippen LogP contribution in [0.3, 0.4) is 0 Å². The van der Waals surface area contributed by atoms with E-state index in [2.05, 4.69) is 21.3 Å². The van der Waals surface area contributed by atoms with Crippen LogP contribution >= 0.6 is 11.8 Å². The van der Waals surface area contributed by atoms with Crippen molar-refractivity contribution in [3.63, 3.8) is 0 Å². The lowest BCUT2D eigenvalue weighted by atomic mass is 10.0. The summed E-state index contributed by atoms with van der Waals surface area (Å²) in [6.45, 7) is 6.36. The van der Waals surface area contributed by atoms with Gasteiger partial charge < -0.3 is 45.2 Å². The number of ketones is 1. The Morgan fingerprint density at radius 2 is 1.57 bits per heavy atom. The van der Waals surface area contributed by atoms with Crippen molar-refractivity contribution in [2.24, 2.45) is 0 Å². The predicted molar refractivity (Wildman–Crippen MR) is 164 cm³/mol. The molecule has 2 fully saturated rings. The number of carbonyl (C=O) groups is 4. The van der Waals surface area contributed by atoms with E-state index in [1.807, 2.05) is 11.8 Å². The van der Waals surface area contributed by atoms with Crippen LogP contribution in [0, 0.1) is 0 Å². The normalized spacial score (nSPS) is 19.4. The van der Waals surface area contributed by atoms with Crippen LogP contribution in [0.1, 0.15) is 57.8 Å². The molecule has 13 heteroatoms. The lowest BCUT2D eigenvalue weighted by Gasteiger charge is -2.18. The summed E-state index contributed by atoms with van der Waals surface area (Å²) in [5.41, 5.74) is 0. The van der Waals surface area contributed by atoms with Gasteiger partial charge in [0, 0.05) is 50.7 Å². The Morgan fingerprint density at radius 3 is 2.26 bits per heavy atom. The number of carbonyl (C=O) groups excluding carboxylic acids is 4. The van der Waals surface area contributed by atoms with Crippen LogP contribution in [0.2, 0.25) is 0 Å². The van der Waals surface area contributed by atoms with Gasteiger partial charge in [-0.1, -0.05) is 6.42 Å². The molecule has 2 heterocycles. The van der Waals surface area contributed by atoms with Gasteiger partial charge in [0.2, 0.25) is 5.91 Å². The van der Waals surface area contributed by atoms with Crippen molar-refractivity contribution in [1.82, 2.24) is 26.2 Å². The first-order chi connectivity index (χ1) is 20.5. The highest BCUT2D eigenvalue weighted by Gasteiger charge is 2.42. The maximum Gasteiger partial charge on any atom is 0.315 e. The van der Waals surface area contributed by atoms with E-state index in [-0.39, 0.29) is 42.9 Å². The zero-order valence-electron chi connectivity index (χ0n) is 25.4. The third kappa shape index (κ3) is 16.8. The number of ether oxygens (including phenoxy) is 3. The molecule has 2 aliphatic heterocycles. The molecule has 3 amide bonds. The Hall–Kier alpha value is -1.77. The maximum absolute atomic E-state index is 12.4. The number of unbranched alkanes of at least 4 members (excludes halogenated alkanes) is 3. The van der Waals surface area contributed by atoms with Crippen LogP contribution < -0.4 is 21.3 Å². The minimum atomic E-state index is -0.0728. The van der Waals surface area contributed by atoms with Crippen molar-refractivity contribution in [1.29, 1.82) is 0 Å². The lowest BCUT2D eigenvalue weighted by Crippen LogP contribution is -2.37. The highest BCUT2D eigenvalue weighted by molar-refractivity contribution is 8.00. The smallest absolute Gasteiger partial charge is 0.315 e. The van der Waals surface area contributed by atoms with E-state index >= 15 is 0 Å². The third-order valence-electron chi connectivity index (χ3n) is 7.20. The van der Waals surface area contributed by atoms with E-state index in [0.717, 1.165) is 76.6 Å². The fraction of sp³-hybridized carbons (Fsp3) is 0.862. The topological polar surface area (TPSA) is 147 Å². The number of aldehydes is 1. The number of thioether (sulfide) groups is 1. The molecule has 2 aliphatic rings. The van der Waals surface area contributed by atoms with E-state index in [9.17, 15) is 19.2 Å². The van der Waals surface area contributed by atoms with Gasteiger partial charge in [-0.05, 0) is 51.6 Å². The van der Waals surface area contributed by atoms with Gasteiger partial charge in [-0.25, -0.2) is 4.79 Å². The first-order valence-electron chi connectivity index (χ1n) is 15.5. The average Bonchev–Trinajstić information content (AvgIpc) is 3.53. The molecule has 4 N–H and O–H groups in total. The molecule has 42 heavy (non-hydrogen) atoms. The maximum atomic E-state index is 12.4. The molecule has 0 unspecified atom stereocenters. The van der Waals surface area contributed by atoms with E-state index < -0.39 is 0 Å². The van der Waals surface area contributed by atoms with Gasteiger partial charge in [0.15, 0.2) is 5.78 Å². The molecule has 0 aromatic rings. The summed E-state index contributed by atoms with van der Waals surface area (Å²) >= 11 is 1.89. The molecule has 242 valence electrons. The number of hydrogen-bond donors (Lipinski definition) is 4. The van der Waals surface area contributed by atoms with Gasteiger partial charge in [-0.3, -0.25) is 9.59 Å². The standard InChI is InChI=1S/C29H53N5O7S/c1-34(27(37)10-3-2-9-26-28-25(23-42-26)32-29(38)33-28)22-24(36)21-31-12-5-7-16-40-18-20-41-19-17-39-15-6-4-11-30-13-8-14-35/h14,25-26,28,30-31H,2-13,15-23H2,1H3,(H2,32,33,38)/t25-,26-,28-/m0/s1. The van der Waals surface area contributed by atoms with Gasteiger partial charge in [0.25, 0.3) is 0 Å². The van der Waals surface area contributed by atoms with Crippen LogP contribution in [0.4, 0.5) is 4.79 Å². The second-order valence-corrected chi connectivity index (χ2v) is 12.1. The van der Waals surface area contributed by atoms with Gasteiger partial charge >= 0.3 is 6.03 Å². The molecular formula is C29H53N5O7S. The van der Waals surface area contributed by atoms with Crippen LogP contribution in [-0.4, -0.2) is 131 Å². The number of nitrogens with one attached hydrogen (secondary N) is 4. The second kappa shape index (κ2) is 23.7. The number of fused-ring (bicyclic) bond motifs is 1. The molecule has 2 rings (SSSR count). The van der Waals surface area contributed by atoms with Crippen LogP contribution in [-0.2, 0) is 28.6 Å². The number of nitrogens with zero attached hydrogens (tertiary/aromatic N) is 1. The molecular weight excluding hydrogens is 562 g/mol. The second-order valence-electron chi connectivity index (χ2n) is 10.8. The first-order valence-corrected chi connectivity index (χ1v) is 16.6. The zero-order valence-corrected chi connectivity index (χ0v) is 26.2. The summed E-state index contributed by atoms with van der Waals surface area (Å²) in [6.07, 6.45) is 8.45. The summed E-state index contributed by atoms with van der Waals surface area (Å²) in [5.74, 6) is 0.945. The fourth-order valence-electron chi connectivity index (χ4n) is 4.83. The van der Waals surface area contributed by atoms with E-state index in [1.54, 1.807) is 7.05 Å². The van der Waals surface area contributed by atoms with Gasteiger partial charge in [-0.15, -0.1) is 0 Å². The highest BCUT2D eigenvalue weighted by atomic mass is 32.2. The zero-order chi connectivity index (χ0) is 30.3. The van der Waals surface area contributed by atoms with Crippen LogP contribution in [0.5, 0.6) is 0 Å². The van der Waals surface area contributed by atoms with Crippen LogP contribution in [0.15, 0.2) is 0 Å². The number of hydrogen-bond acceptors (Lipinski definition) is 10. The summed E-state index contributed by atoms with van der Waals surface area (Å²) in [5, 5.41) is 12.7. The SMILES string of the molecule is CN(CC(=O)CNCCCCOCCOCCOCCCCNCCC=O)C(=O)CCCC[C@@H]1SC[C@@H]2NC(=O)N[C@@H]21. The summed E-state index contributed by atoms with van der Waals surface area (Å²) in [7, 11) is 1.69. The van der Waals surface area contributed by atoms with Crippen molar-refractivity contribution in [2.75, 3.05) is 85.2 Å². The Balaban J connectivity index is 1.29. The molecule has 2 saturated heterocycles. The minimum Gasteiger partial charge on any atom is -0.379 e.